The van der Waals surface area contributed by atoms with Crippen LogP contribution in [-0.2, 0) is 14.4 Å². The quantitative estimate of drug-likeness (QED) is 0.269. The smallest absolute Gasteiger partial charge is 0.328 e. The van der Waals surface area contributed by atoms with Crippen molar-refractivity contribution in [1.29, 1.82) is 0 Å². The molecule has 2 amide bonds. The van der Waals surface area contributed by atoms with E-state index in [2.05, 4.69) is 15.2 Å². The molecule has 0 radical (unpaired) electrons. The number of carboxylic acids is 2. The number of hydrogen-bond acceptors (Lipinski definition) is 8. The number of carboxylic acid groups (broad SMARTS) is 2. The van der Waals surface area contributed by atoms with Gasteiger partial charge in [-0.25, -0.2) is 14.6 Å². The van der Waals surface area contributed by atoms with Crippen LogP contribution in [0.15, 0.2) is 71.6 Å². The molecule has 0 atom stereocenters. The van der Waals surface area contributed by atoms with Gasteiger partial charge < -0.3 is 25.2 Å². The van der Waals surface area contributed by atoms with Crippen LogP contribution in [0.3, 0.4) is 0 Å². The third kappa shape index (κ3) is 8.78. The molecule has 1 aromatic heterocycles. The number of aliphatic carboxylic acids is 2. The van der Waals surface area contributed by atoms with Crippen molar-refractivity contribution in [3.63, 3.8) is 0 Å². The molecule has 3 N–H and O–H groups in total. The van der Waals surface area contributed by atoms with Crippen molar-refractivity contribution in [2.24, 2.45) is 0 Å². The van der Waals surface area contributed by atoms with Crippen molar-refractivity contribution in [3.05, 3.63) is 72.4 Å². The highest BCUT2D eigenvalue weighted by atomic mass is 32.2. The summed E-state index contributed by atoms with van der Waals surface area (Å²) in [4.78, 5) is 53.3. The zero-order valence-corrected chi connectivity index (χ0v) is 23.0. The van der Waals surface area contributed by atoms with Gasteiger partial charge in [0, 0.05) is 55.2 Å². The highest BCUT2D eigenvalue weighted by Gasteiger charge is 2.23. The van der Waals surface area contributed by atoms with E-state index < -0.39 is 11.9 Å². The monoisotopic (exact) mass is 578 g/mol. The van der Waals surface area contributed by atoms with Gasteiger partial charge in [-0.3, -0.25) is 14.5 Å². The van der Waals surface area contributed by atoms with Gasteiger partial charge in [-0.15, -0.1) is 11.8 Å². The maximum absolute atomic E-state index is 12.9. The molecule has 5 rings (SSSR count). The highest BCUT2D eigenvalue weighted by Crippen LogP contribution is 2.34. The van der Waals surface area contributed by atoms with Crippen LogP contribution in [0.5, 0.6) is 5.75 Å². The van der Waals surface area contributed by atoms with E-state index >= 15 is 0 Å². The van der Waals surface area contributed by atoms with Crippen molar-refractivity contribution < 1.29 is 34.1 Å². The maximum Gasteiger partial charge on any atom is 0.328 e. The topological polar surface area (TPSA) is 149 Å². The van der Waals surface area contributed by atoms with Crippen LogP contribution >= 0.6 is 11.8 Å². The molecule has 0 unspecified atom stereocenters. The van der Waals surface area contributed by atoms with Gasteiger partial charge in [-0.2, -0.15) is 0 Å². The van der Waals surface area contributed by atoms with E-state index in [1.165, 1.54) is 11.8 Å². The largest absolute Gasteiger partial charge is 0.494 e. The fourth-order valence-electron chi connectivity index (χ4n) is 4.29. The molecule has 41 heavy (non-hydrogen) atoms. The lowest BCUT2D eigenvalue weighted by Crippen LogP contribution is -2.49. The summed E-state index contributed by atoms with van der Waals surface area (Å²) in [5.41, 5.74) is 2.22. The Bertz CT molecular complexity index is 1440. The predicted molar refractivity (Wildman–Crippen MR) is 154 cm³/mol. The number of fused-ring (bicyclic) bond motifs is 2. The molecule has 2 aromatic carbocycles. The number of hydrogen-bond donors (Lipinski definition) is 3. The molecule has 1 fully saturated rings. The standard InChI is InChI=1S/C25H26N4O3S.C4H4O4/c30-24-17-33-23-16-19(7-9-21(23)27-24)32-15-3-10-28-11-13-29(14-12-28)25(31)22-8-6-18-4-1-2-5-20(18)26-22;5-3(6)1-2-4(7)8/h1-2,4-9,16H,3,10-15,17H2,(H,27,30);1-2H,(H,5,6)(H,7,8)/b;2-1-. The van der Waals surface area contributed by atoms with Gasteiger partial charge in [0.1, 0.15) is 11.4 Å². The fraction of sp³-hybridized carbons (Fsp3) is 0.276. The van der Waals surface area contributed by atoms with Gasteiger partial charge in [-0.05, 0) is 36.8 Å². The summed E-state index contributed by atoms with van der Waals surface area (Å²) in [6.07, 6.45) is 2.03. The first-order valence-electron chi connectivity index (χ1n) is 13.0. The first-order valence-corrected chi connectivity index (χ1v) is 14.0. The number of carbonyl (C=O) groups is 4. The van der Waals surface area contributed by atoms with Crippen LogP contribution in [0.2, 0.25) is 0 Å². The van der Waals surface area contributed by atoms with Crippen LogP contribution in [0, 0.1) is 0 Å². The number of anilines is 1. The van der Waals surface area contributed by atoms with E-state index in [1.54, 1.807) is 0 Å². The molecule has 214 valence electrons. The Morgan fingerprint density at radius 3 is 2.44 bits per heavy atom. The van der Waals surface area contributed by atoms with Crippen LogP contribution in [0.1, 0.15) is 16.9 Å². The molecule has 11 nitrogen and oxygen atoms in total. The fourth-order valence-corrected chi connectivity index (χ4v) is 5.12. The molecular formula is C29H30N4O7S. The molecule has 0 bridgehead atoms. The number of pyridine rings is 1. The third-order valence-corrected chi connectivity index (χ3v) is 7.37. The number of carbonyl (C=O) groups excluding carboxylic acids is 2. The lowest BCUT2D eigenvalue weighted by atomic mass is 10.2. The van der Waals surface area contributed by atoms with E-state index in [-0.39, 0.29) is 11.8 Å². The van der Waals surface area contributed by atoms with Crippen molar-refractivity contribution in [3.8, 4) is 5.75 Å². The Hall–Kier alpha value is -4.42. The molecule has 3 heterocycles. The number of rotatable bonds is 8. The van der Waals surface area contributed by atoms with Crippen molar-refractivity contribution in [2.45, 2.75) is 11.3 Å². The van der Waals surface area contributed by atoms with Crippen LogP contribution < -0.4 is 10.1 Å². The Kier molecular flexibility index (Phi) is 10.3. The number of benzene rings is 2. The van der Waals surface area contributed by atoms with Gasteiger partial charge in [0.05, 0.1) is 23.6 Å². The Morgan fingerprint density at radius 1 is 0.976 bits per heavy atom. The number of ether oxygens (including phenoxy) is 1. The van der Waals surface area contributed by atoms with E-state index in [0.717, 1.165) is 53.3 Å². The molecule has 0 saturated carbocycles. The van der Waals surface area contributed by atoms with Gasteiger partial charge in [0.2, 0.25) is 5.91 Å². The summed E-state index contributed by atoms with van der Waals surface area (Å²) in [5.74, 6) is -1.20. The lowest BCUT2D eigenvalue weighted by Gasteiger charge is -2.34. The number of thioether (sulfide) groups is 1. The van der Waals surface area contributed by atoms with Gasteiger partial charge in [-0.1, -0.05) is 24.3 Å². The predicted octanol–water partition coefficient (Wildman–Crippen LogP) is 3.22. The second kappa shape index (κ2) is 14.3. The van der Waals surface area contributed by atoms with Crippen molar-refractivity contribution >= 4 is 52.1 Å². The average molecular weight is 579 g/mol. The molecular weight excluding hydrogens is 548 g/mol. The van der Waals surface area contributed by atoms with Gasteiger partial charge in [0.15, 0.2) is 0 Å². The number of aromatic nitrogens is 1. The number of para-hydroxylation sites is 1. The lowest BCUT2D eigenvalue weighted by molar-refractivity contribution is -0.134. The number of piperazine rings is 1. The van der Waals surface area contributed by atoms with Crippen molar-refractivity contribution in [2.75, 3.05) is 50.4 Å². The summed E-state index contributed by atoms with van der Waals surface area (Å²) in [5, 5.41) is 19.5. The van der Waals surface area contributed by atoms with Crippen LogP contribution in [0.4, 0.5) is 5.69 Å². The second-order valence-corrected chi connectivity index (χ2v) is 10.2. The van der Waals surface area contributed by atoms with Crippen LogP contribution in [0.25, 0.3) is 10.9 Å². The number of nitrogens with one attached hydrogen (secondary N) is 1. The summed E-state index contributed by atoms with van der Waals surface area (Å²) >= 11 is 1.54. The second-order valence-electron chi connectivity index (χ2n) is 9.23. The average Bonchev–Trinajstić information content (AvgIpc) is 2.98. The summed E-state index contributed by atoms with van der Waals surface area (Å²) < 4.78 is 5.92. The normalized spacial score (nSPS) is 15.0. The van der Waals surface area contributed by atoms with Gasteiger partial charge in [0.25, 0.3) is 5.91 Å². The zero-order chi connectivity index (χ0) is 29.2. The Balaban J connectivity index is 0.000000426. The minimum atomic E-state index is -1.26. The Labute approximate surface area is 240 Å². The maximum atomic E-state index is 12.9. The minimum Gasteiger partial charge on any atom is -0.494 e. The number of nitrogens with zero attached hydrogens (tertiary/aromatic N) is 3. The van der Waals surface area contributed by atoms with Crippen molar-refractivity contribution in [1.82, 2.24) is 14.8 Å². The first kappa shape index (κ1) is 29.6. The first-order chi connectivity index (χ1) is 19.8. The summed E-state index contributed by atoms with van der Waals surface area (Å²) in [6.45, 7) is 4.70. The van der Waals surface area contributed by atoms with E-state index in [9.17, 15) is 19.2 Å². The minimum absolute atomic E-state index is 0.00482. The SMILES string of the molecule is O=C(O)/C=C\C(=O)O.O=C1CSc2cc(OCCCN3CCN(C(=O)c4ccc5ccccc5n4)CC3)ccc2N1. The molecule has 0 spiro atoms. The molecule has 1 saturated heterocycles. The van der Waals surface area contributed by atoms with Gasteiger partial charge >= 0.3 is 11.9 Å². The zero-order valence-electron chi connectivity index (χ0n) is 22.2. The van der Waals surface area contributed by atoms with E-state index in [4.69, 9.17) is 14.9 Å². The molecule has 3 aromatic rings. The summed E-state index contributed by atoms with van der Waals surface area (Å²) in [6, 6.07) is 17.4. The third-order valence-electron chi connectivity index (χ3n) is 6.32. The van der Waals surface area contributed by atoms with E-state index in [1.807, 2.05) is 59.5 Å². The molecule has 12 heteroatoms. The van der Waals surface area contributed by atoms with E-state index in [0.29, 0.717) is 43.3 Å². The highest BCUT2D eigenvalue weighted by molar-refractivity contribution is 8.00. The number of amides is 2. The summed E-state index contributed by atoms with van der Waals surface area (Å²) in [7, 11) is 0. The molecule has 2 aliphatic rings. The molecule has 0 aliphatic carbocycles. The Morgan fingerprint density at radius 2 is 1.71 bits per heavy atom. The molecule has 2 aliphatic heterocycles. The van der Waals surface area contributed by atoms with Crippen LogP contribution in [-0.4, -0.2) is 93.8 Å².